The average Bonchev–Trinajstić information content (AvgIpc) is 0.689. The topological polar surface area (TPSA) is 184 Å². The summed E-state index contributed by atoms with van der Waals surface area (Å²) < 4.78 is 656. The summed E-state index contributed by atoms with van der Waals surface area (Å²) >= 11 is 0. The highest BCUT2D eigenvalue weighted by molar-refractivity contribution is 5.79. The van der Waals surface area contributed by atoms with Crippen LogP contribution in [0.15, 0.2) is 0 Å². The summed E-state index contributed by atoms with van der Waals surface area (Å²) in [6.07, 6.45) is -88.3. The molecule has 0 aliphatic carbocycles. The number of ether oxygens (including phenoxy) is 7. The zero-order valence-corrected chi connectivity index (χ0v) is 55.5. The SMILES string of the molecule is [2H]C([2H])(C)C(C)(F)C(=O)OCC(F)(F)F.[2H]C([2H])(C)C([2H])(C)C(=O)OCC(F)(F)F.[2H]C([2H])([2H])C(C)(C(=O)OC(C(F)(F)F)(C(F)(F)F)C(F)(F)F)C([2H])([2H])C.[2H]C([2H])([2H])C(C)(C(=O)OC(C(F)(F)F)C(F)(F)F)C([2H])([2H])C.[2H]C([2H])([2H])C(C)(C(=O)OC(F)(F)C(F)(F)F)C([2H])([2H])C.[2H]C([2H])([2H])C(C)(C(=O)OCC(F)(F)C(F)F)C([2H])([2H])C.[2H]C([2H])([2H])C(C)(C(=O)OCC(F)(F)F)C([2H])([2H])C. The second kappa shape index (κ2) is 42.2. The number of rotatable bonds is 23. The molecule has 0 aliphatic rings. The van der Waals surface area contributed by atoms with Crippen molar-refractivity contribution in [1.29, 1.82) is 0 Å². The number of carbonyl (C=O) groups excluding carboxylic acids is 7. The van der Waals surface area contributed by atoms with Crippen molar-refractivity contribution < 1.29 is 257 Å². The van der Waals surface area contributed by atoms with E-state index in [0.29, 0.717) is 41.5 Å². The van der Waals surface area contributed by atoms with Crippen LogP contribution in [0.25, 0.3) is 0 Å². The van der Waals surface area contributed by atoms with E-state index in [-0.39, 0.29) is 13.8 Å². The standard InChI is InChI=1S/C10H11F9O2.C9H12F6O2.C9H14F4O2.C8H11F5O2.C8H13F3O2.C7H10F4O2.C7H11F3O2/c1-4-6(2,3)5(20)21-7(8(11,12)13,9(14,15)16)10(17,18)19;1-4-7(2,3)6(16)17-5(8(10,11)12)9(13,14)15;1-4-8(2,3)7(14)15-5-9(12,13)6(10)11;1-4-6(2,3)5(14)15-8(12,13)7(9,10)11;1-4-7(2,3)6(12)13-5-8(9,10)11;1-3-6(2,8)5(12)13-4-7(9,10)11;1-3-5(2)6(11)12-4-7(8,9)10/h4H2,1-3H3;5H,4H2,1-3H3;6H,4-5H2,1-3H3;4H2,1-3H3;4-5H2,1-3H3;3-4H2,1-2H3;5H,3-4H2,1-2H3/i5*2D3,4D2;3D2;3D2,5D. The molecule has 0 amide bonds. The van der Waals surface area contributed by atoms with Crippen molar-refractivity contribution in [1.82, 2.24) is 0 Å². The van der Waals surface area contributed by atoms with Crippen LogP contribution in [0.4, 0.5) is 149 Å². The molecular weight excluding hydrogens is 1570 g/mol. The van der Waals surface area contributed by atoms with Crippen LogP contribution in [0.3, 0.4) is 0 Å². The minimum atomic E-state index is -7.27. The predicted molar refractivity (Wildman–Crippen MR) is 299 cm³/mol. The van der Waals surface area contributed by atoms with Gasteiger partial charge in [-0.05, 0) is 120 Å². The van der Waals surface area contributed by atoms with Crippen LogP contribution < -0.4 is 0 Å². The van der Waals surface area contributed by atoms with Gasteiger partial charge in [0.2, 0.25) is 5.67 Å². The molecule has 0 heterocycles. The Morgan fingerprint density at radius 2 is 0.623 bits per heavy atom. The summed E-state index contributed by atoms with van der Waals surface area (Å²) in [7, 11) is 0. The van der Waals surface area contributed by atoms with E-state index in [0.717, 1.165) is 41.5 Å². The van der Waals surface area contributed by atoms with E-state index in [1.807, 2.05) is 0 Å². The van der Waals surface area contributed by atoms with Crippen LogP contribution in [0.5, 0.6) is 0 Å². The highest BCUT2D eigenvalue weighted by Gasteiger charge is 2.87. The van der Waals surface area contributed by atoms with Gasteiger partial charge in [0.15, 0.2) is 26.4 Å². The van der Waals surface area contributed by atoms with Crippen LogP contribution in [0, 0.1) is 33.0 Å². The molecule has 0 aromatic rings. The molecule has 0 spiro atoms. The van der Waals surface area contributed by atoms with E-state index in [4.69, 9.17) is 41.1 Å². The van der Waals surface area contributed by atoms with Crippen molar-refractivity contribution in [3.05, 3.63) is 0 Å². The van der Waals surface area contributed by atoms with Gasteiger partial charge in [0.25, 0.3) is 6.10 Å². The van der Waals surface area contributed by atoms with Crippen molar-refractivity contribution in [3.8, 4) is 0 Å². The summed E-state index contributed by atoms with van der Waals surface area (Å²) in [5.41, 5.74) is -25.8. The Kier molecular flexibility index (Phi) is 25.8. The number of esters is 7. The fraction of sp³-hybridized carbons (Fsp3) is 0.879. The lowest BCUT2D eigenvalue weighted by Crippen LogP contribution is -2.69. The van der Waals surface area contributed by atoms with Gasteiger partial charge in [-0.1, -0.05) is 55.4 Å². The molecule has 0 aliphatic heterocycles. The molecule has 0 radical (unpaired) electrons. The first-order chi connectivity index (χ1) is 57.5. The fourth-order valence-corrected chi connectivity index (χ4v) is 3.63. The van der Waals surface area contributed by atoms with Crippen LogP contribution in [0.2, 0.25) is 0 Å². The van der Waals surface area contributed by atoms with Gasteiger partial charge < -0.3 is 33.2 Å². The Balaban J connectivity index is -0.000000288. The molecule has 0 aromatic carbocycles. The van der Waals surface area contributed by atoms with Crippen molar-refractivity contribution in [3.63, 3.8) is 0 Å². The quantitative estimate of drug-likeness (QED) is 0.0535. The van der Waals surface area contributed by atoms with E-state index >= 15 is 0 Å². The van der Waals surface area contributed by atoms with Crippen LogP contribution >= 0.6 is 0 Å². The molecule has 48 heteroatoms. The molecular formula is C58H82F34O14. The summed E-state index contributed by atoms with van der Waals surface area (Å²) in [6.45, 7) is -16.8. The Hall–Kier alpha value is -6.09. The molecule has 0 bridgehead atoms. The van der Waals surface area contributed by atoms with Gasteiger partial charge in [-0.3, -0.25) is 28.8 Å². The van der Waals surface area contributed by atoms with Gasteiger partial charge in [0, 0.05) is 41.1 Å². The molecule has 0 aromatic heterocycles. The van der Waals surface area contributed by atoms with E-state index in [2.05, 4.69) is 33.2 Å². The third-order valence-corrected chi connectivity index (χ3v) is 10.7. The number of alkyl halides is 34. The van der Waals surface area contributed by atoms with Crippen molar-refractivity contribution in [2.24, 2.45) is 33.0 Å². The van der Waals surface area contributed by atoms with E-state index in [1.54, 1.807) is 0 Å². The molecule has 0 saturated carbocycles. The molecule has 7 atom stereocenters. The van der Waals surface area contributed by atoms with Crippen LogP contribution in [0.1, 0.15) is 217 Å². The summed E-state index contributed by atoms with van der Waals surface area (Å²) in [5, 5.41) is 0. The van der Waals surface area contributed by atoms with Crippen LogP contribution in [-0.4, -0.2) is 160 Å². The predicted octanol–water partition coefficient (Wildman–Crippen LogP) is 20.7. The smallest absolute Gasteiger partial charge is 0.459 e. The number of halogens is 34. The Morgan fingerprint density at radius 3 is 0.858 bits per heavy atom. The van der Waals surface area contributed by atoms with Crippen molar-refractivity contribution in [2.45, 2.75) is 267 Å². The van der Waals surface area contributed by atoms with Crippen molar-refractivity contribution in [2.75, 3.05) is 26.4 Å². The van der Waals surface area contributed by atoms with Gasteiger partial charge in [0.1, 0.15) is 0 Å². The maximum Gasteiger partial charge on any atom is 0.501 e. The molecule has 636 valence electrons. The fourth-order valence-electron chi connectivity index (χ4n) is 3.63. The number of carbonyl (C=O) groups is 7. The monoisotopic (exact) mass is 1680 g/mol. The van der Waals surface area contributed by atoms with Gasteiger partial charge >= 0.3 is 121 Å². The largest absolute Gasteiger partial charge is 0.501 e. The Bertz CT molecular complexity index is 3710. The molecule has 0 fully saturated rings. The van der Waals surface area contributed by atoms with Gasteiger partial charge in [-0.2, -0.15) is 136 Å². The first-order valence-corrected chi connectivity index (χ1v) is 26.2. The molecule has 106 heavy (non-hydrogen) atoms. The van der Waals surface area contributed by atoms with Crippen molar-refractivity contribution >= 4 is 41.8 Å². The maximum atomic E-state index is 13.3. The maximum absolute atomic E-state index is 13.3. The highest BCUT2D eigenvalue weighted by atomic mass is 19.5. The van der Waals surface area contributed by atoms with Gasteiger partial charge in [0.05, 0.1) is 33.0 Å². The Labute approximate surface area is 626 Å². The third-order valence-electron chi connectivity index (χ3n) is 10.7. The lowest BCUT2D eigenvalue weighted by Gasteiger charge is -2.39. The summed E-state index contributed by atoms with van der Waals surface area (Å²) in [4.78, 5) is 79.8. The average molecular weight is 1680 g/mol. The normalized spacial score (nSPS) is 22.5. The minimum absolute atomic E-state index is 0.0379. The van der Waals surface area contributed by atoms with E-state index in [1.165, 1.54) is 0 Å². The first-order valence-electron chi connectivity index (χ1n) is 41.2. The van der Waals surface area contributed by atoms with Crippen LogP contribution in [-0.2, 0) is 66.7 Å². The molecule has 0 rings (SSSR count). The minimum Gasteiger partial charge on any atom is -0.459 e. The molecule has 0 N–H and O–H groups in total. The number of hydrogen-bond acceptors (Lipinski definition) is 14. The molecule has 14 nitrogen and oxygen atoms in total. The molecule has 0 saturated heterocycles. The second-order valence-electron chi connectivity index (χ2n) is 20.1. The zero-order valence-electron chi connectivity index (χ0n) is 85.5. The van der Waals surface area contributed by atoms with E-state index in [9.17, 15) is 183 Å². The third kappa shape index (κ3) is 43.2. The van der Waals surface area contributed by atoms with Gasteiger partial charge in [-0.25, -0.2) is 18.0 Å². The second-order valence-corrected chi connectivity index (χ2v) is 20.1. The Morgan fingerprint density at radius 1 is 0.358 bits per heavy atom. The number of hydrogen-bond donors (Lipinski definition) is 0. The first kappa shape index (κ1) is 64.7. The van der Waals surface area contributed by atoms with E-state index < -0.39 is 271 Å². The summed E-state index contributed by atoms with van der Waals surface area (Å²) in [6, 6.07) is 0. The lowest BCUT2D eigenvalue weighted by molar-refractivity contribution is -0.447. The van der Waals surface area contributed by atoms with Gasteiger partial charge in [-0.15, -0.1) is 0 Å². The highest BCUT2D eigenvalue weighted by Crippen LogP contribution is 2.56. The zero-order chi connectivity index (χ0) is 113. The molecule has 7 unspecified atom stereocenters. The lowest BCUT2D eigenvalue weighted by atomic mass is 9.90. The summed E-state index contributed by atoms with van der Waals surface area (Å²) in [5.74, 6) is -22.1.